The predicted octanol–water partition coefficient (Wildman–Crippen LogP) is 4.91. The van der Waals surface area contributed by atoms with Crippen LogP contribution in [0, 0.1) is 35.5 Å². The Morgan fingerprint density at radius 3 is 2.16 bits per heavy atom. The molecule has 3 fully saturated rings. The maximum absolute atomic E-state index is 13.2. The second kappa shape index (κ2) is 6.78. The van der Waals surface area contributed by atoms with Gasteiger partial charge in [-0.05, 0) is 72.6 Å². The van der Waals surface area contributed by atoms with Crippen molar-refractivity contribution in [1.82, 2.24) is 0 Å². The van der Waals surface area contributed by atoms with Crippen LogP contribution in [0.2, 0.25) is 5.02 Å². The zero-order valence-electron chi connectivity index (χ0n) is 16.3. The van der Waals surface area contributed by atoms with Crippen molar-refractivity contribution < 1.29 is 14.4 Å². The average Bonchev–Trinajstić information content (AvgIpc) is 3.54. The Kier molecular flexibility index (Phi) is 4.21. The van der Waals surface area contributed by atoms with E-state index in [-0.39, 0.29) is 41.4 Å². The quantitative estimate of drug-likeness (QED) is 0.484. The molecule has 1 aliphatic heterocycles. The Balaban J connectivity index is 1.23. The number of anilines is 2. The molecule has 0 spiro atoms. The lowest BCUT2D eigenvalue weighted by molar-refractivity contribution is -0.124. The van der Waals surface area contributed by atoms with Crippen molar-refractivity contribution in [3.63, 3.8) is 0 Å². The van der Waals surface area contributed by atoms with Gasteiger partial charge in [-0.15, -0.1) is 0 Å². The van der Waals surface area contributed by atoms with Crippen molar-refractivity contribution in [1.29, 1.82) is 0 Å². The summed E-state index contributed by atoms with van der Waals surface area (Å²) in [7, 11) is 0. The Hall–Kier alpha value is -2.44. The van der Waals surface area contributed by atoms with Gasteiger partial charge < -0.3 is 5.32 Å². The third kappa shape index (κ3) is 2.84. The molecule has 0 radical (unpaired) electrons. The van der Waals surface area contributed by atoms with E-state index in [4.69, 9.17) is 11.6 Å². The van der Waals surface area contributed by atoms with Gasteiger partial charge >= 0.3 is 0 Å². The summed E-state index contributed by atoms with van der Waals surface area (Å²) >= 11 is 9.51. The highest BCUT2D eigenvalue weighted by Gasteiger charge is 2.67. The fourth-order valence-electron chi connectivity index (χ4n) is 5.76. The van der Waals surface area contributed by atoms with E-state index >= 15 is 0 Å². The summed E-state index contributed by atoms with van der Waals surface area (Å²) in [6.07, 6.45) is 5.47. The zero-order valence-corrected chi connectivity index (χ0v) is 18.6. The second-order valence-corrected chi connectivity index (χ2v) is 10.1. The number of rotatable bonds is 3. The Morgan fingerprint density at radius 1 is 0.968 bits per heavy atom. The predicted molar refractivity (Wildman–Crippen MR) is 121 cm³/mol. The minimum absolute atomic E-state index is 0.0986. The van der Waals surface area contributed by atoms with Crippen molar-refractivity contribution in [3.05, 3.63) is 69.7 Å². The van der Waals surface area contributed by atoms with Gasteiger partial charge in [0.2, 0.25) is 11.8 Å². The molecule has 3 amide bonds. The first-order chi connectivity index (χ1) is 14.9. The number of hydrogen-bond acceptors (Lipinski definition) is 3. The van der Waals surface area contributed by atoms with Crippen molar-refractivity contribution in [2.24, 2.45) is 35.5 Å². The summed E-state index contributed by atoms with van der Waals surface area (Å²) in [5.41, 5.74) is 1.45. The van der Waals surface area contributed by atoms with Crippen molar-refractivity contribution in [2.45, 2.75) is 6.42 Å². The molecule has 7 heteroatoms. The van der Waals surface area contributed by atoms with Crippen LogP contribution in [0.25, 0.3) is 0 Å². The van der Waals surface area contributed by atoms with Crippen LogP contribution in [0.3, 0.4) is 0 Å². The van der Waals surface area contributed by atoms with Gasteiger partial charge in [-0.2, -0.15) is 0 Å². The van der Waals surface area contributed by atoms with Crippen LogP contribution in [-0.4, -0.2) is 17.7 Å². The monoisotopic (exact) mass is 496 g/mol. The first-order valence-corrected chi connectivity index (χ1v) is 11.5. The Labute approximate surface area is 192 Å². The lowest BCUT2D eigenvalue weighted by Crippen LogP contribution is -2.40. The topological polar surface area (TPSA) is 66.5 Å². The van der Waals surface area contributed by atoms with Crippen LogP contribution in [0.5, 0.6) is 0 Å². The number of carbonyl (C=O) groups excluding carboxylic acids is 3. The number of amides is 3. The minimum Gasteiger partial charge on any atom is -0.321 e. The number of imide groups is 1. The van der Waals surface area contributed by atoms with Crippen molar-refractivity contribution >= 4 is 56.6 Å². The standard InChI is InChI=1S/C24H18BrClN2O3/c25-12-3-8-19(18(26)9-12)27-22(29)11-1-4-13(5-2-11)28-23(30)20-14-6-7-15(17-10-16(14)17)21(20)24(28)31/h1-9,14-17,20-21H,10H2,(H,27,29). The highest BCUT2D eigenvalue weighted by atomic mass is 79.9. The van der Waals surface area contributed by atoms with Gasteiger partial charge in [-0.1, -0.05) is 39.7 Å². The van der Waals surface area contributed by atoms with E-state index in [0.29, 0.717) is 33.8 Å². The van der Waals surface area contributed by atoms with Gasteiger partial charge in [0.05, 0.1) is 28.2 Å². The van der Waals surface area contributed by atoms with Gasteiger partial charge in [-0.25, -0.2) is 0 Å². The largest absolute Gasteiger partial charge is 0.321 e. The molecule has 5 nitrogen and oxygen atoms in total. The molecule has 2 saturated carbocycles. The van der Waals surface area contributed by atoms with Gasteiger partial charge in [0.15, 0.2) is 0 Å². The SMILES string of the molecule is O=C(Nc1ccc(Br)cc1Cl)c1ccc(N2C(=O)C3C4C=CC(C5CC45)C3C2=O)cc1. The maximum Gasteiger partial charge on any atom is 0.255 e. The molecule has 4 aliphatic carbocycles. The zero-order chi connectivity index (χ0) is 21.4. The average molecular weight is 498 g/mol. The fraction of sp³-hybridized carbons (Fsp3) is 0.292. The molecule has 1 heterocycles. The van der Waals surface area contributed by atoms with Crippen LogP contribution in [0.15, 0.2) is 59.1 Å². The molecule has 156 valence electrons. The van der Waals surface area contributed by atoms with Gasteiger partial charge in [-0.3, -0.25) is 19.3 Å². The van der Waals surface area contributed by atoms with E-state index in [1.54, 1.807) is 42.5 Å². The fourth-order valence-corrected chi connectivity index (χ4v) is 6.48. The third-order valence-corrected chi connectivity index (χ3v) is 8.04. The summed E-state index contributed by atoms with van der Waals surface area (Å²) in [5.74, 6) is 0.573. The van der Waals surface area contributed by atoms with Crippen LogP contribution < -0.4 is 10.2 Å². The van der Waals surface area contributed by atoms with Gasteiger partial charge in [0.1, 0.15) is 0 Å². The number of nitrogens with one attached hydrogen (secondary N) is 1. The van der Waals surface area contributed by atoms with E-state index in [0.717, 1.165) is 10.9 Å². The van der Waals surface area contributed by atoms with E-state index in [1.165, 1.54) is 4.90 Å². The lowest BCUT2D eigenvalue weighted by Gasteiger charge is -2.37. The molecule has 0 aromatic heterocycles. The van der Waals surface area contributed by atoms with Crippen molar-refractivity contribution in [3.8, 4) is 0 Å². The van der Waals surface area contributed by atoms with Crippen molar-refractivity contribution in [2.75, 3.05) is 10.2 Å². The van der Waals surface area contributed by atoms with Crippen LogP contribution >= 0.6 is 27.5 Å². The first-order valence-electron chi connectivity index (χ1n) is 10.4. The van der Waals surface area contributed by atoms with E-state index in [1.807, 2.05) is 0 Å². The number of nitrogens with zero attached hydrogens (tertiary/aromatic N) is 1. The van der Waals surface area contributed by atoms with E-state index < -0.39 is 0 Å². The Morgan fingerprint density at radius 2 is 1.58 bits per heavy atom. The van der Waals surface area contributed by atoms with Crippen LogP contribution in [0.1, 0.15) is 16.8 Å². The number of carbonyl (C=O) groups is 3. The first kappa shape index (κ1) is 19.3. The van der Waals surface area contributed by atoms with E-state index in [2.05, 4.69) is 33.4 Å². The molecule has 5 aliphatic rings. The highest BCUT2D eigenvalue weighted by Crippen LogP contribution is 2.65. The summed E-state index contributed by atoms with van der Waals surface area (Å²) in [5, 5.41) is 3.21. The summed E-state index contributed by atoms with van der Waals surface area (Å²) in [6.45, 7) is 0. The molecule has 2 aromatic carbocycles. The molecule has 6 unspecified atom stereocenters. The maximum atomic E-state index is 13.2. The Bertz CT molecular complexity index is 1140. The lowest BCUT2D eigenvalue weighted by atomic mass is 9.63. The number of hydrogen-bond donors (Lipinski definition) is 1. The molecule has 31 heavy (non-hydrogen) atoms. The summed E-state index contributed by atoms with van der Waals surface area (Å²) in [4.78, 5) is 40.4. The molecule has 1 N–H and O–H groups in total. The molecule has 7 rings (SSSR count). The molecular formula is C24H18BrClN2O3. The number of allylic oxidation sites excluding steroid dienone is 2. The van der Waals surface area contributed by atoms with E-state index in [9.17, 15) is 14.4 Å². The smallest absolute Gasteiger partial charge is 0.255 e. The molecule has 2 bridgehead atoms. The van der Waals surface area contributed by atoms with Gasteiger partial charge in [0.25, 0.3) is 5.91 Å². The van der Waals surface area contributed by atoms with Crippen LogP contribution in [0.4, 0.5) is 11.4 Å². The normalized spacial score (nSPS) is 32.1. The van der Waals surface area contributed by atoms with Crippen LogP contribution in [-0.2, 0) is 9.59 Å². The highest BCUT2D eigenvalue weighted by molar-refractivity contribution is 9.10. The molecule has 2 aromatic rings. The van der Waals surface area contributed by atoms with Gasteiger partial charge in [0, 0.05) is 10.0 Å². The third-order valence-electron chi connectivity index (χ3n) is 7.23. The number of benzene rings is 2. The molecule has 1 saturated heterocycles. The second-order valence-electron chi connectivity index (χ2n) is 8.79. The molecule has 6 atom stereocenters. The minimum atomic E-state index is -0.314. The molecular weight excluding hydrogens is 480 g/mol. The summed E-state index contributed by atoms with van der Waals surface area (Å²) in [6, 6.07) is 11.8. The number of halogens is 2. The summed E-state index contributed by atoms with van der Waals surface area (Å²) < 4.78 is 0.821.